The SMILES string of the molecule is CCC(CC(=N)N)Oc1ccccc1Cl. The Morgan fingerprint density at radius 1 is 1.53 bits per heavy atom. The van der Waals surface area contributed by atoms with Crippen LogP contribution in [0.25, 0.3) is 0 Å². The lowest BCUT2D eigenvalue weighted by atomic mass is 10.2. The molecule has 0 aliphatic carbocycles. The quantitative estimate of drug-likeness (QED) is 0.599. The van der Waals surface area contributed by atoms with Crippen LogP contribution in [0.15, 0.2) is 24.3 Å². The molecule has 0 amide bonds. The van der Waals surface area contributed by atoms with E-state index in [4.69, 9.17) is 27.5 Å². The van der Waals surface area contributed by atoms with E-state index in [-0.39, 0.29) is 11.9 Å². The van der Waals surface area contributed by atoms with E-state index in [2.05, 4.69) is 0 Å². The maximum absolute atomic E-state index is 7.21. The van der Waals surface area contributed by atoms with Crippen LogP contribution in [0.4, 0.5) is 0 Å². The lowest BCUT2D eigenvalue weighted by molar-refractivity contribution is 0.205. The van der Waals surface area contributed by atoms with E-state index in [0.717, 1.165) is 6.42 Å². The molecule has 1 aromatic rings. The fraction of sp³-hybridized carbons (Fsp3) is 0.364. The topological polar surface area (TPSA) is 59.1 Å². The van der Waals surface area contributed by atoms with Gasteiger partial charge in [-0.2, -0.15) is 0 Å². The van der Waals surface area contributed by atoms with Crippen molar-refractivity contribution in [3.63, 3.8) is 0 Å². The molecule has 1 rings (SSSR count). The predicted molar refractivity (Wildman–Crippen MR) is 62.7 cm³/mol. The Hall–Kier alpha value is -1.22. The van der Waals surface area contributed by atoms with E-state index in [9.17, 15) is 0 Å². The van der Waals surface area contributed by atoms with Gasteiger partial charge in [-0.25, -0.2) is 0 Å². The Labute approximate surface area is 94.7 Å². The van der Waals surface area contributed by atoms with Gasteiger partial charge in [0.1, 0.15) is 11.9 Å². The average molecular weight is 227 g/mol. The van der Waals surface area contributed by atoms with E-state index in [1.54, 1.807) is 6.07 Å². The first-order valence-electron chi connectivity index (χ1n) is 4.87. The molecule has 0 radical (unpaired) electrons. The molecule has 0 spiro atoms. The first-order chi connectivity index (χ1) is 7.13. The van der Waals surface area contributed by atoms with Gasteiger partial charge < -0.3 is 10.5 Å². The molecule has 0 aliphatic rings. The second-order valence-electron chi connectivity index (χ2n) is 3.31. The summed E-state index contributed by atoms with van der Waals surface area (Å²) in [5.74, 6) is 0.779. The highest BCUT2D eigenvalue weighted by atomic mass is 35.5. The van der Waals surface area contributed by atoms with Crippen molar-refractivity contribution in [2.24, 2.45) is 5.73 Å². The molecule has 0 bridgehead atoms. The van der Waals surface area contributed by atoms with Crippen LogP contribution in [0.5, 0.6) is 5.75 Å². The number of benzene rings is 1. The Kier molecular flexibility index (Phi) is 4.43. The van der Waals surface area contributed by atoms with Gasteiger partial charge in [0.2, 0.25) is 0 Å². The minimum atomic E-state index is -0.0811. The molecule has 3 nitrogen and oxygen atoms in total. The number of ether oxygens (including phenoxy) is 1. The molecule has 82 valence electrons. The van der Waals surface area contributed by atoms with Gasteiger partial charge in [0.05, 0.1) is 10.9 Å². The zero-order valence-electron chi connectivity index (χ0n) is 8.66. The maximum Gasteiger partial charge on any atom is 0.138 e. The highest BCUT2D eigenvalue weighted by Crippen LogP contribution is 2.25. The molecule has 0 aliphatic heterocycles. The van der Waals surface area contributed by atoms with E-state index in [1.807, 2.05) is 25.1 Å². The van der Waals surface area contributed by atoms with Crippen molar-refractivity contribution in [2.75, 3.05) is 0 Å². The smallest absolute Gasteiger partial charge is 0.138 e. The number of rotatable bonds is 5. The van der Waals surface area contributed by atoms with Crippen LogP contribution >= 0.6 is 11.6 Å². The Balaban J connectivity index is 2.66. The maximum atomic E-state index is 7.21. The van der Waals surface area contributed by atoms with Crippen molar-refractivity contribution in [1.82, 2.24) is 0 Å². The zero-order chi connectivity index (χ0) is 11.3. The van der Waals surface area contributed by atoms with Gasteiger partial charge in [0.15, 0.2) is 0 Å². The standard InChI is InChI=1S/C11H15ClN2O/c1-2-8(7-11(13)14)15-10-6-4-3-5-9(10)12/h3-6,8H,2,7H2,1H3,(H3,13,14). The highest BCUT2D eigenvalue weighted by Gasteiger charge is 2.11. The number of nitrogens with two attached hydrogens (primary N) is 1. The number of hydrogen-bond donors (Lipinski definition) is 2. The fourth-order valence-corrected chi connectivity index (χ4v) is 1.41. The predicted octanol–water partition coefficient (Wildman–Crippen LogP) is 2.82. The van der Waals surface area contributed by atoms with Crippen molar-refractivity contribution in [3.05, 3.63) is 29.3 Å². The van der Waals surface area contributed by atoms with Crippen LogP contribution in [-0.2, 0) is 0 Å². The van der Waals surface area contributed by atoms with E-state index < -0.39 is 0 Å². The third kappa shape index (κ3) is 3.80. The number of amidine groups is 1. The van der Waals surface area contributed by atoms with Crippen LogP contribution in [0, 0.1) is 5.41 Å². The van der Waals surface area contributed by atoms with Gasteiger partial charge in [-0.15, -0.1) is 0 Å². The zero-order valence-corrected chi connectivity index (χ0v) is 9.42. The highest BCUT2D eigenvalue weighted by molar-refractivity contribution is 6.32. The second-order valence-corrected chi connectivity index (χ2v) is 3.72. The summed E-state index contributed by atoms with van der Waals surface area (Å²) >= 11 is 5.95. The first-order valence-corrected chi connectivity index (χ1v) is 5.25. The van der Waals surface area contributed by atoms with Crippen LogP contribution in [0.3, 0.4) is 0 Å². The average Bonchev–Trinajstić information content (AvgIpc) is 2.19. The van der Waals surface area contributed by atoms with Gasteiger partial charge in [-0.05, 0) is 18.6 Å². The third-order valence-corrected chi connectivity index (χ3v) is 2.35. The molecule has 1 aromatic carbocycles. The van der Waals surface area contributed by atoms with Crippen molar-refractivity contribution in [1.29, 1.82) is 5.41 Å². The van der Waals surface area contributed by atoms with Gasteiger partial charge in [-0.1, -0.05) is 30.7 Å². The number of hydrogen-bond acceptors (Lipinski definition) is 2. The summed E-state index contributed by atoms with van der Waals surface area (Å²) in [5.41, 5.74) is 5.33. The van der Waals surface area contributed by atoms with Crippen LogP contribution in [0.1, 0.15) is 19.8 Å². The van der Waals surface area contributed by atoms with E-state index in [0.29, 0.717) is 17.2 Å². The Bertz CT molecular complexity index is 341. The second kappa shape index (κ2) is 5.61. The molecule has 1 atom stereocenters. The van der Waals surface area contributed by atoms with E-state index in [1.165, 1.54) is 0 Å². The molecule has 0 heterocycles. The summed E-state index contributed by atoms with van der Waals surface area (Å²) in [6.45, 7) is 1.99. The summed E-state index contributed by atoms with van der Waals surface area (Å²) in [6.07, 6.45) is 1.15. The summed E-state index contributed by atoms with van der Waals surface area (Å²) < 4.78 is 5.65. The third-order valence-electron chi connectivity index (χ3n) is 2.03. The van der Waals surface area contributed by atoms with Crippen LogP contribution in [-0.4, -0.2) is 11.9 Å². The molecular formula is C11H15ClN2O. The monoisotopic (exact) mass is 226 g/mol. The fourth-order valence-electron chi connectivity index (χ4n) is 1.23. The molecule has 15 heavy (non-hydrogen) atoms. The molecular weight excluding hydrogens is 212 g/mol. The lowest BCUT2D eigenvalue weighted by Gasteiger charge is -2.17. The summed E-state index contributed by atoms with van der Waals surface area (Å²) in [7, 11) is 0. The molecule has 0 aromatic heterocycles. The molecule has 0 saturated carbocycles. The molecule has 3 N–H and O–H groups in total. The van der Waals surface area contributed by atoms with E-state index >= 15 is 0 Å². The van der Waals surface area contributed by atoms with Gasteiger partial charge in [0.25, 0.3) is 0 Å². The minimum absolute atomic E-state index is 0.0811. The van der Waals surface area contributed by atoms with Crippen molar-refractivity contribution >= 4 is 17.4 Å². The number of para-hydroxylation sites is 1. The Morgan fingerprint density at radius 3 is 2.73 bits per heavy atom. The van der Waals surface area contributed by atoms with Crippen molar-refractivity contribution in [2.45, 2.75) is 25.9 Å². The Morgan fingerprint density at radius 2 is 2.20 bits per heavy atom. The molecule has 0 saturated heterocycles. The van der Waals surface area contributed by atoms with Gasteiger partial charge in [0, 0.05) is 6.42 Å². The number of nitrogens with one attached hydrogen (secondary N) is 1. The normalized spacial score (nSPS) is 12.1. The van der Waals surface area contributed by atoms with Gasteiger partial charge in [-0.3, -0.25) is 5.41 Å². The molecule has 4 heteroatoms. The van der Waals surface area contributed by atoms with Crippen molar-refractivity contribution in [3.8, 4) is 5.75 Å². The van der Waals surface area contributed by atoms with Crippen LogP contribution < -0.4 is 10.5 Å². The van der Waals surface area contributed by atoms with Gasteiger partial charge >= 0.3 is 0 Å². The molecule has 0 fully saturated rings. The first kappa shape index (κ1) is 11.9. The number of halogens is 1. The minimum Gasteiger partial charge on any atom is -0.488 e. The van der Waals surface area contributed by atoms with Crippen LogP contribution in [0.2, 0.25) is 5.02 Å². The lowest BCUT2D eigenvalue weighted by Crippen LogP contribution is -2.24. The summed E-state index contributed by atoms with van der Waals surface area (Å²) in [4.78, 5) is 0. The summed E-state index contributed by atoms with van der Waals surface area (Å²) in [6, 6.07) is 7.30. The summed E-state index contributed by atoms with van der Waals surface area (Å²) in [5, 5.41) is 7.80. The molecule has 1 unspecified atom stereocenters. The van der Waals surface area contributed by atoms with Crippen molar-refractivity contribution < 1.29 is 4.74 Å². The largest absolute Gasteiger partial charge is 0.488 e.